The number of carbonyl (C=O) groups excluding carboxylic acids is 1. The second kappa shape index (κ2) is 3.75. The molecule has 0 aromatic heterocycles. The Morgan fingerprint density at radius 1 is 1.12 bits per heavy atom. The molecule has 0 spiro atoms. The van der Waals surface area contributed by atoms with Crippen molar-refractivity contribution in [2.24, 2.45) is 29.6 Å². The minimum Gasteiger partial charge on any atom is -0.353 e. The molecule has 0 saturated heterocycles. The van der Waals surface area contributed by atoms with Gasteiger partial charge < -0.3 is 5.32 Å². The Labute approximate surface area is 98.2 Å². The first-order chi connectivity index (χ1) is 7.66. The number of fused-ring (bicyclic) bond motifs is 5. The van der Waals surface area contributed by atoms with Gasteiger partial charge in [-0.15, -0.1) is 0 Å². The molecule has 3 aliphatic rings. The molecule has 3 fully saturated rings. The summed E-state index contributed by atoms with van der Waals surface area (Å²) in [7, 11) is 0. The van der Waals surface area contributed by atoms with Crippen LogP contribution in [0.4, 0.5) is 0 Å². The highest BCUT2D eigenvalue weighted by atomic mass is 16.1. The van der Waals surface area contributed by atoms with E-state index in [1.165, 1.54) is 32.1 Å². The van der Waals surface area contributed by atoms with Crippen LogP contribution in [0.1, 0.15) is 46.0 Å². The van der Waals surface area contributed by atoms with Gasteiger partial charge in [0.1, 0.15) is 0 Å². The zero-order chi connectivity index (χ0) is 11.3. The van der Waals surface area contributed by atoms with E-state index in [-0.39, 0.29) is 11.8 Å². The first kappa shape index (κ1) is 10.6. The lowest BCUT2D eigenvalue weighted by molar-refractivity contribution is -0.125. The lowest BCUT2D eigenvalue weighted by Crippen LogP contribution is -2.43. The van der Waals surface area contributed by atoms with Crippen LogP contribution in [0.5, 0.6) is 0 Å². The van der Waals surface area contributed by atoms with Crippen molar-refractivity contribution < 1.29 is 4.79 Å². The molecule has 0 aromatic carbocycles. The van der Waals surface area contributed by atoms with Gasteiger partial charge in [0.15, 0.2) is 0 Å². The monoisotopic (exact) mass is 221 g/mol. The SMILES string of the molecule is CC(C)C(=O)N[C@@H]1C[C@H]2C[C@H]1[C@@H]1CCC[C@H]21. The first-order valence-electron chi connectivity index (χ1n) is 6.97. The summed E-state index contributed by atoms with van der Waals surface area (Å²) in [6, 6.07) is 0.513. The molecule has 0 radical (unpaired) electrons. The molecule has 2 nitrogen and oxygen atoms in total. The zero-order valence-corrected chi connectivity index (χ0v) is 10.4. The van der Waals surface area contributed by atoms with E-state index in [0.29, 0.717) is 6.04 Å². The minimum absolute atomic E-state index is 0.138. The van der Waals surface area contributed by atoms with Crippen LogP contribution in [0.15, 0.2) is 0 Å². The molecular formula is C14H23NO. The van der Waals surface area contributed by atoms with Gasteiger partial charge in [-0.2, -0.15) is 0 Å². The molecule has 0 heterocycles. The van der Waals surface area contributed by atoms with Gasteiger partial charge >= 0.3 is 0 Å². The van der Waals surface area contributed by atoms with Gasteiger partial charge in [0.2, 0.25) is 5.91 Å². The lowest BCUT2D eigenvalue weighted by atomic mass is 9.79. The van der Waals surface area contributed by atoms with E-state index in [0.717, 1.165) is 23.7 Å². The highest BCUT2D eigenvalue weighted by Gasteiger charge is 2.53. The molecule has 0 aliphatic heterocycles. The molecule has 1 N–H and O–H groups in total. The van der Waals surface area contributed by atoms with Crippen LogP contribution in [0.3, 0.4) is 0 Å². The third-order valence-corrected chi connectivity index (χ3v) is 5.28. The fourth-order valence-corrected chi connectivity index (χ4v) is 4.58. The van der Waals surface area contributed by atoms with Crippen molar-refractivity contribution in [2.45, 2.75) is 52.0 Å². The van der Waals surface area contributed by atoms with Crippen LogP contribution in [-0.4, -0.2) is 11.9 Å². The van der Waals surface area contributed by atoms with E-state index in [1.807, 2.05) is 13.8 Å². The number of hydrogen-bond donors (Lipinski definition) is 1. The first-order valence-corrected chi connectivity index (χ1v) is 6.97. The van der Waals surface area contributed by atoms with Gasteiger partial charge in [0.25, 0.3) is 0 Å². The highest BCUT2D eigenvalue weighted by molar-refractivity contribution is 5.78. The number of amides is 1. The Kier molecular flexibility index (Phi) is 2.49. The van der Waals surface area contributed by atoms with E-state index in [4.69, 9.17) is 0 Å². The summed E-state index contributed by atoms with van der Waals surface area (Å²) in [6.07, 6.45) is 7.01. The maximum Gasteiger partial charge on any atom is 0.222 e. The van der Waals surface area contributed by atoms with Crippen molar-refractivity contribution in [2.75, 3.05) is 0 Å². The van der Waals surface area contributed by atoms with E-state index in [1.54, 1.807) is 0 Å². The standard InChI is InChI=1S/C14H23NO/c1-8(2)14(16)15-13-7-9-6-12(13)11-5-3-4-10(9)11/h8-13H,3-7H2,1-2H3,(H,15,16)/t9-,10-,11-,12+,13-/m1/s1. The third kappa shape index (κ3) is 1.49. The van der Waals surface area contributed by atoms with Gasteiger partial charge in [-0.3, -0.25) is 4.79 Å². The van der Waals surface area contributed by atoms with Gasteiger partial charge in [-0.25, -0.2) is 0 Å². The van der Waals surface area contributed by atoms with Crippen molar-refractivity contribution in [3.63, 3.8) is 0 Å². The number of hydrogen-bond acceptors (Lipinski definition) is 1. The summed E-state index contributed by atoms with van der Waals surface area (Å²) in [4.78, 5) is 11.8. The maximum atomic E-state index is 11.8. The number of rotatable bonds is 2. The molecule has 3 rings (SSSR count). The molecule has 0 aromatic rings. The molecule has 2 heteroatoms. The van der Waals surface area contributed by atoms with Crippen LogP contribution in [0.25, 0.3) is 0 Å². The fraction of sp³-hybridized carbons (Fsp3) is 0.929. The van der Waals surface area contributed by atoms with Crippen molar-refractivity contribution in [1.29, 1.82) is 0 Å². The molecule has 3 aliphatic carbocycles. The maximum absolute atomic E-state index is 11.8. The van der Waals surface area contributed by atoms with Crippen molar-refractivity contribution in [3.05, 3.63) is 0 Å². The van der Waals surface area contributed by atoms with E-state index < -0.39 is 0 Å². The summed E-state index contributed by atoms with van der Waals surface area (Å²) in [5.74, 6) is 4.13. The van der Waals surface area contributed by atoms with Crippen molar-refractivity contribution in [1.82, 2.24) is 5.32 Å². The average Bonchev–Trinajstić information content (AvgIpc) is 2.87. The smallest absolute Gasteiger partial charge is 0.222 e. The third-order valence-electron chi connectivity index (χ3n) is 5.28. The van der Waals surface area contributed by atoms with Crippen LogP contribution in [0.2, 0.25) is 0 Å². The molecule has 3 saturated carbocycles. The molecular weight excluding hydrogens is 198 g/mol. The summed E-state index contributed by atoms with van der Waals surface area (Å²) >= 11 is 0. The Morgan fingerprint density at radius 2 is 1.88 bits per heavy atom. The summed E-state index contributed by atoms with van der Waals surface area (Å²) < 4.78 is 0. The van der Waals surface area contributed by atoms with Crippen molar-refractivity contribution in [3.8, 4) is 0 Å². The summed E-state index contributed by atoms with van der Waals surface area (Å²) in [5.41, 5.74) is 0. The summed E-state index contributed by atoms with van der Waals surface area (Å²) in [6.45, 7) is 3.97. The van der Waals surface area contributed by atoms with Gasteiger partial charge in [-0.1, -0.05) is 20.3 Å². The molecule has 90 valence electrons. The number of carbonyl (C=O) groups is 1. The Balaban J connectivity index is 1.66. The van der Waals surface area contributed by atoms with E-state index in [2.05, 4.69) is 5.32 Å². The highest BCUT2D eigenvalue weighted by Crippen LogP contribution is 2.58. The second-order valence-corrected chi connectivity index (χ2v) is 6.42. The van der Waals surface area contributed by atoms with Crippen LogP contribution in [-0.2, 0) is 4.79 Å². The Morgan fingerprint density at radius 3 is 2.62 bits per heavy atom. The molecule has 16 heavy (non-hydrogen) atoms. The Hall–Kier alpha value is -0.530. The van der Waals surface area contributed by atoms with E-state index in [9.17, 15) is 4.79 Å². The topological polar surface area (TPSA) is 29.1 Å². The van der Waals surface area contributed by atoms with Crippen LogP contribution < -0.4 is 5.32 Å². The summed E-state index contributed by atoms with van der Waals surface area (Å²) in [5, 5.41) is 3.28. The largest absolute Gasteiger partial charge is 0.353 e. The average molecular weight is 221 g/mol. The zero-order valence-electron chi connectivity index (χ0n) is 10.4. The minimum atomic E-state index is 0.138. The second-order valence-electron chi connectivity index (χ2n) is 6.42. The fourth-order valence-electron chi connectivity index (χ4n) is 4.58. The predicted molar refractivity (Wildman–Crippen MR) is 63.8 cm³/mol. The molecule has 5 atom stereocenters. The van der Waals surface area contributed by atoms with Crippen LogP contribution >= 0.6 is 0 Å². The van der Waals surface area contributed by atoms with Gasteiger partial charge in [-0.05, 0) is 49.4 Å². The van der Waals surface area contributed by atoms with Crippen molar-refractivity contribution >= 4 is 5.91 Å². The normalized spacial score (nSPS) is 45.1. The Bertz CT molecular complexity index is 299. The van der Waals surface area contributed by atoms with Gasteiger partial charge in [0.05, 0.1) is 0 Å². The molecule has 2 bridgehead atoms. The van der Waals surface area contributed by atoms with Crippen LogP contribution in [0, 0.1) is 29.6 Å². The number of nitrogens with one attached hydrogen (secondary N) is 1. The van der Waals surface area contributed by atoms with E-state index >= 15 is 0 Å². The van der Waals surface area contributed by atoms with Gasteiger partial charge in [0, 0.05) is 12.0 Å². The lowest BCUT2D eigenvalue weighted by Gasteiger charge is -2.32. The predicted octanol–water partition coefficient (Wildman–Crippen LogP) is 2.58. The molecule has 1 amide bonds. The molecule has 0 unspecified atom stereocenters. The quantitative estimate of drug-likeness (QED) is 0.763.